The van der Waals surface area contributed by atoms with Gasteiger partial charge in [-0.1, -0.05) is 11.6 Å². The van der Waals surface area contributed by atoms with E-state index in [9.17, 15) is 9.59 Å². The van der Waals surface area contributed by atoms with Crippen LogP contribution in [0.1, 0.15) is 23.2 Å². The Morgan fingerprint density at radius 3 is 2.89 bits per heavy atom. The number of H-pyrrole nitrogens is 1. The maximum atomic E-state index is 12.2. The van der Waals surface area contributed by atoms with Crippen molar-refractivity contribution in [3.05, 3.63) is 45.2 Å². The molecule has 0 spiro atoms. The summed E-state index contributed by atoms with van der Waals surface area (Å²) in [6, 6.07) is 5.22. The molecular formula is C13H11ClN2O2. The van der Waals surface area contributed by atoms with Crippen molar-refractivity contribution < 1.29 is 4.79 Å². The summed E-state index contributed by atoms with van der Waals surface area (Å²) in [5.74, 6) is -0.319. The highest BCUT2D eigenvalue weighted by Gasteiger charge is 2.25. The van der Waals surface area contributed by atoms with E-state index in [4.69, 9.17) is 11.6 Å². The molecule has 1 aromatic heterocycles. The lowest BCUT2D eigenvalue weighted by molar-refractivity contribution is 0.0950. The van der Waals surface area contributed by atoms with E-state index in [2.05, 4.69) is 10.3 Å². The highest BCUT2D eigenvalue weighted by atomic mass is 35.5. The molecule has 1 aromatic carbocycles. The number of fused-ring (bicyclic) bond motifs is 1. The van der Waals surface area contributed by atoms with Crippen molar-refractivity contribution in [2.45, 2.75) is 18.9 Å². The number of carbonyl (C=O) groups excluding carboxylic acids is 1. The van der Waals surface area contributed by atoms with Gasteiger partial charge in [0.05, 0.1) is 0 Å². The Kier molecular flexibility index (Phi) is 2.59. The monoisotopic (exact) mass is 262 g/mol. The topological polar surface area (TPSA) is 62.0 Å². The molecule has 1 heterocycles. The minimum Gasteiger partial charge on any atom is -0.360 e. The van der Waals surface area contributed by atoms with Crippen molar-refractivity contribution >= 4 is 28.4 Å². The number of nitrogens with one attached hydrogen (secondary N) is 2. The van der Waals surface area contributed by atoms with Crippen molar-refractivity contribution in [2.24, 2.45) is 0 Å². The number of carbonyl (C=O) groups is 1. The van der Waals surface area contributed by atoms with E-state index in [1.165, 1.54) is 6.20 Å². The molecule has 0 bridgehead atoms. The van der Waals surface area contributed by atoms with Crippen LogP contribution in [-0.2, 0) is 0 Å². The second-order valence-corrected chi connectivity index (χ2v) is 4.91. The van der Waals surface area contributed by atoms with Crippen LogP contribution in [0.2, 0.25) is 5.02 Å². The van der Waals surface area contributed by atoms with Crippen molar-refractivity contribution in [3.63, 3.8) is 0 Å². The molecule has 5 heteroatoms. The molecular weight excluding hydrogens is 252 g/mol. The van der Waals surface area contributed by atoms with Crippen LogP contribution in [0.25, 0.3) is 10.9 Å². The second-order valence-electron chi connectivity index (χ2n) is 4.47. The van der Waals surface area contributed by atoms with E-state index < -0.39 is 0 Å². The molecule has 92 valence electrons. The average molecular weight is 263 g/mol. The molecule has 1 saturated carbocycles. The molecule has 1 amide bonds. The number of amides is 1. The lowest BCUT2D eigenvalue weighted by atomic mass is 10.1. The van der Waals surface area contributed by atoms with Crippen LogP contribution in [0.3, 0.4) is 0 Å². The molecule has 2 N–H and O–H groups in total. The lowest BCUT2D eigenvalue weighted by Crippen LogP contribution is -2.30. The largest absolute Gasteiger partial charge is 0.360 e. The minimum atomic E-state index is -0.319. The average Bonchev–Trinajstić information content (AvgIpc) is 3.14. The molecule has 0 saturated heterocycles. The Balaban J connectivity index is 2.09. The van der Waals surface area contributed by atoms with Gasteiger partial charge < -0.3 is 10.3 Å². The predicted molar refractivity (Wildman–Crippen MR) is 70.1 cm³/mol. The number of halogens is 1. The third-order valence-corrected chi connectivity index (χ3v) is 3.24. The van der Waals surface area contributed by atoms with Crippen LogP contribution in [-0.4, -0.2) is 16.9 Å². The molecule has 1 aliphatic carbocycles. The summed E-state index contributed by atoms with van der Waals surface area (Å²) in [6.45, 7) is 0. The number of hydrogen-bond acceptors (Lipinski definition) is 2. The highest BCUT2D eigenvalue weighted by Crippen LogP contribution is 2.19. The van der Waals surface area contributed by atoms with E-state index in [1.54, 1.807) is 18.2 Å². The van der Waals surface area contributed by atoms with Gasteiger partial charge in [-0.2, -0.15) is 0 Å². The summed E-state index contributed by atoms with van der Waals surface area (Å²) in [5.41, 5.74) is 0.522. The second kappa shape index (κ2) is 4.14. The molecule has 0 radical (unpaired) electrons. The Morgan fingerprint density at radius 2 is 2.17 bits per heavy atom. The molecule has 4 nitrogen and oxygen atoms in total. The van der Waals surface area contributed by atoms with Gasteiger partial charge in [-0.15, -0.1) is 0 Å². The van der Waals surface area contributed by atoms with E-state index >= 15 is 0 Å². The van der Waals surface area contributed by atoms with E-state index in [0.29, 0.717) is 15.9 Å². The zero-order valence-electron chi connectivity index (χ0n) is 9.50. The fourth-order valence-electron chi connectivity index (χ4n) is 1.85. The number of rotatable bonds is 2. The third kappa shape index (κ3) is 1.99. The fraction of sp³-hybridized carbons (Fsp3) is 0.231. The zero-order chi connectivity index (χ0) is 12.7. The van der Waals surface area contributed by atoms with Gasteiger partial charge in [-0.05, 0) is 31.0 Å². The van der Waals surface area contributed by atoms with E-state index in [-0.39, 0.29) is 22.9 Å². The van der Waals surface area contributed by atoms with Gasteiger partial charge in [0.1, 0.15) is 5.56 Å². The van der Waals surface area contributed by atoms with Gasteiger partial charge in [0.2, 0.25) is 5.43 Å². The summed E-state index contributed by atoms with van der Waals surface area (Å²) in [4.78, 5) is 27.0. The summed E-state index contributed by atoms with van der Waals surface area (Å²) < 4.78 is 0. The Morgan fingerprint density at radius 1 is 1.39 bits per heavy atom. The van der Waals surface area contributed by atoms with Gasteiger partial charge >= 0.3 is 0 Å². The van der Waals surface area contributed by atoms with Crippen molar-refractivity contribution in [1.82, 2.24) is 10.3 Å². The number of benzene rings is 1. The van der Waals surface area contributed by atoms with Gasteiger partial charge in [0, 0.05) is 28.2 Å². The van der Waals surface area contributed by atoms with Gasteiger partial charge in [-0.25, -0.2) is 0 Å². The Bertz CT molecular complexity index is 689. The first-order chi connectivity index (χ1) is 8.65. The first-order valence-corrected chi connectivity index (χ1v) is 6.15. The van der Waals surface area contributed by atoms with Crippen LogP contribution in [0.5, 0.6) is 0 Å². The van der Waals surface area contributed by atoms with Crippen LogP contribution in [0, 0.1) is 0 Å². The number of aromatic amines is 1. The normalized spacial score (nSPS) is 14.7. The summed E-state index contributed by atoms with van der Waals surface area (Å²) in [6.07, 6.45) is 3.43. The Labute approximate surface area is 108 Å². The molecule has 3 rings (SSSR count). The van der Waals surface area contributed by atoms with E-state index in [0.717, 1.165) is 12.8 Å². The fourth-order valence-corrected chi connectivity index (χ4v) is 2.02. The molecule has 0 aliphatic heterocycles. The van der Waals surface area contributed by atoms with Crippen LogP contribution in [0.4, 0.5) is 0 Å². The quantitative estimate of drug-likeness (QED) is 0.870. The van der Waals surface area contributed by atoms with Crippen molar-refractivity contribution in [1.29, 1.82) is 0 Å². The maximum absolute atomic E-state index is 12.2. The Hall–Kier alpha value is -1.81. The minimum absolute atomic E-state index is 0.136. The van der Waals surface area contributed by atoms with E-state index in [1.807, 2.05) is 0 Å². The number of hydrogen-bond donors (Lipinski definition) is 2. The first kappa shape index (κ1) is 11.3. The van der Waals surface area contributed by atoms with Gasteiger partial charge in [0.15, 0.2) is 0 Å². The van der Waals surface area contributed by atoms with Crippen LogP contribution in [0.15, 0.2) is 29.2 Å². The third-order valence-electron chi connectivity index (χ3n) is 3.00. The standard InChI is InChI=1S/C13H11ClN2O2/c14-7-1-4-11-9(5-7)12(17)10(6-15-11)13(18)16-8-2-3-8/h1,4-6,8H,2-3H2,(H,15,17)(H,16,18). The predicted octanol–water partition coefficient (Wildman–Crippen LogP) is 2.07. The van der Waals surface area contributed by atoms with Crippen molar-refractivity contribution in [3.8, 4) is 0 Å². The SMILES string of the molecule is O=C(NC1CC1)c1c[nH]c2ccc(Cl)cc2c1=O. The van der Waals surface area contributed by atoms with Gasteiger partial charge in [-0.3, -0.25) is 9.59 Å². The molecule has 1 aliphatic rings. The highest BCUT2D eigenvalue weighted by molar-refractivity contribution is 6.31. The van der Waals surface area contributed by atoms with Crippen LogP contribution >= 0.6 is 11.6 Å². The number of pyridine rings is 1. The molecule has 0 unspecified atom stereocenters. The van der Waals surface area contributed by atoms with Crippen molar-refractivity contribution in [2.75, 3.05) is 0 Å². The zero-order valence-corrected chi connectivity index (χ0v) is 10.3. The smallest absolute Gasteiger partial charge is 0.256 e. The molecule has 0 atom stereocenters. The molecule has 1 fully saturated rings. The maximum Gasteiger partial charge on any atom is 0.256 e. The summed E-state index contributed by atoms with van der Waals surface area (Å²) >= 11 is 5.86. The number of aromatic nitrogens is 1. The first-order valence-electron chi connectivity index (χ1n) is 5.77. The molecule has 2 aromatic rings. The summed E-state index contributed by atoms with van der Waals surface area (Å²) in [5, 5.41) is 3.71. The molecule has 18 heavy (non-hydrogen) atoms. The lowest BCUT2D eigenvalue weighted by Gasteiger charge is -2.04. The van der Waals surface area contributed by atoms with Gasteiger partial charge in [0.25, 0.3) is 5.91 Å². The summed E-state index contributed by atoms with van der Waals surface area (Å²) in [7, 11) is 0. The van der Waals surface area contributed by atoms with Crippen LogP contribution < -0.4 is 10.7 Å².